The third-order valence-electron chi connectivity index (χ3n) is 14.7. The van der Waals surface area contributed by atoms with E-state index in [1.54, 1.807) is 96.4 Å². The number of hydrogen-bond donors (Lipinski definition) is 3. The third kappa shape index (κ3) is 22.5. The fourth-order valence-electron chi connectivity index (χ4n) is 10.1. The number of aliphatic carboxylic acids is 2. The summed E-state index contributed by atoms with van der Waals surface area (Å²) in [5.41, 5.74) is 1.55. The van der Waals surface area contributed by atoms with Gasteiger partial charge in [0.05, 0.1) is 6.61 Å². The van der Waals surface area contributed by atoms with Gasteiger partial charge in [0, 0.05) is 124 Å². The zero-order valence-electron chi connectivity index (χ0n) is 57.8. The number of carboxylic acids is 2. The van der Waals surface area contributed by atoms with Crippen molar-refractivity contribution in [3.05, 3.63) is 127 Å². The molecule has 0 bridgehead atoms. The molecule has 0 saturated carbocycles. The van der Waals surface area contributed by atoms with Crippen molar-refractivity contribution >= 4 is 80.1 Å². The molecule has 2 amide bonds. The molecule has 9 heterocycles. The molecule has 0 unspecified atom stereocenters. The Hall–Kier alpha value is -10.9. The molecule has 3 N–H and O–H groups in total. The predicted molar refractivity (Wildman–Crippen MR) is 376 cm³/mol. The summed E-state index contributed by atoms with van der Waals surface area (Å²) in [5.74, 6) is 3.28. The molecular formula is C66H80N18O16S3. The van der Waals surface area contributed by atoms with E-state index in [4.69, 9.17) is 42.6 Å². The average molecular weight is 1480 g/mol. The van der Waals surface area contributed by atoms with Crippen LogP contribution >= 0.6 is 34.6 Å². The molecule has 0 fully saturated rings. The second-order valence-corrected chi connectivity index (χ2v) is 27.2. The Kier molecular flexibility index (Phi) is 25.8. The van der Waals surface area contributed by atoms with Crippen molar-refractivity contribution in [2.24, 2.45) is 0 Å². The lowest BCUT2D eigenvalue weighted by Crippen LogP contribution is -2.39. The highest BCUT2D eigenvalue weighted by Crippen LogP contribution is 2.36. The first kappa shape index (κ1) is 74.8. The van der Waals surface area contributed by atoms with Crippen LogP contribution in [0.2, 0.25) is 0 Å². The summed E-state index contributed by atoms with van der Waals surface area (Å²) >= 11 is 3.46. The molecule has 3 aliphatic heterocycles. The minimum atomic E-state index is -0.987. The zero-order chi connectivity index (χ0) is 72.9. The standard InChI is InChI=1S/C25H32N6O6S.C23H28N6O6S.C18H20N6O4S/c1-5-34-21(32)15-29(23-27-22(28-38-23)31-12-9-26-16-31)10-6-11-30(24(33)37-25(2,3)4)14-18-7-8-19-20(13-18)36-17-35-19;1-23(2,3)35-22(32)28(12-16-5-6-17-18(11-16)34-15-33-17)9-4-8-27(13-19(30)31)21-25-20(26-36-21)29-10-7-24-14-29;25-16(26)10-23(18-21-17(22-29-18)24-7-5-20-11-24)6-1-4-19-9-13-2-3-14-15(8-13)28-12-27-14/h7-9,12-13,16H,5-6,10-11,14-15,17H2,1-4H3;5-7,10-11,14H,4,8-9,12-13,15H2,1-3H3,(H,30,31);2-3,5,7-8,11,19H,1,4,6,9-10,12H2,(H,25,26). The number of hydrogen-bond acceptors (Lipinski definition) is 30. The van der Waals surface area contributed by atoms with E-state index >= 15 is 0 Å². The van der Waals surface area contributed by atoms with Gasteiger partial charge in [-0.2, -0.15) is 28.1 Å². The van der Waals surface area contributed by atoms with Crippen molar-refractivity contribution in [1.29, 1.82) is 0 Å². The maximum absolute atomic E-state index is 13.1. The van der Waals surface area contributed by atoms with Gasteiger partial charge in [0.25, 0.3) is 0 Å². The van der Waals surface area contributed by atoms with E-state index in [0.29, 0.717) is 121 Å². The number of imidazole rings is 3. The van der Waals surface area contributed by atoms with Gasteiger partial charge in [-0.1, -0.05) is 18.2 Å². The number of fused-ring (bicyclic) bond motifs is 3. The second-order valence-electron chi connectivity index (χ2n) is 25.0. The Morgan fingerprint density at radius 2 is 0.874 bits per heavy atom. The van der Waals surface area contributed by atoms with E-state index < -0.39 is 35.3 Å². The maximum Gasteiger partial charge on any atom is 0.410 e. The normalized spacial score (nSPS) is 12.3. The average Bonchev–Trinajstić information content (AvgIpc) is 1.79. The smallest absolute Gasteiger partial charge is 0.410 e. The molecule has 34 nitrogen and oxygen atoms in total. The molecule has 12 rings (SSSR count). The van der Waals surface area contributed by atoms with Gasteiger partial charge < -0.3 is 82.7 Å². The van der Waals surface area contributed by atoms with Crippen molar-refractivity contribution in [1.82, 2.24) is 71.8 Å². The highest BCUT2D eigenvalue weighted by Gasteiger charge is 2.28. The summed E-state index contributed by atoms with van der Waals surface area (Å²) in [6, 6.07) is 17.0. The van der Waals surface area contributed by atoms with Gasteiger partial charge in [0.1, 0.15) is 49.8 Å². The lowest BCUT2D eigenvalue weighted by molar-refractivity contribution is -0.141. The van der Waals surface area contributed by atoms with Crippen molar-refractivity contribution in [2.45, 2.75) is 98.6 Å². The molecule has 0 saturated heterocycles. The number of carbonyl (C=O) groups is 5. The molecule has 3 aromatic carbocycles. The van der Waals surface area contributed by atoms with E-state index in [-0.39, 0.29) is 52.6 Å². The monoisotopic (exact) mass is 1480 g/mol. The van der Waals surface area contributed by atoms with Gasteiger partial charge in [0.2, 0.25) is 53.6 Å². The number of benzene rings is 3. The lowest BCUT2D eigenvalue weighted by atomic mass is 10.2. The molecular weight excluding hydrogens is 1400 g/mol. The summed E-state index contributed by atoms with van der Waals surface area (Å²) in [4.78, 5) is 95.0. The second kappa shape index (κ2) is 35.6. The van der Waals surface area contributed by atoms with Crippen molar-refractivity contribution in [3.8, 4) is 52.3 Å². The van der Waals surface area contributed by atoms with Gasteiger partial charge in [-0.3, -0.25) is 28.1 Å². The van der Waals surface area contributed by atoms with E-state index in [1.807, 2.05) is 101 Å². The predicted octanol–water partition coefficient (Wildman–Crippen LogP) is 8.34. The number of carboxylic acid groups (broad SMARTS) is 2. The minimum absolute atomic E-state index is 0.0149. The first-order valence-corrected chi connectivity index (χ1v) is 35.0. The Morgan fingerprint density at radius 1 is 0.505 bits per heavy atom. The number of aromatic nitrogens is 12. The lowest BCUT2D eigenvalue weighted by Gasteiger charge is -2.28. The molecule has 103 heavy (non-hydrogen) atoms. The molecule has 3 aliphatic rings. The maximum atomic E-state index is 13.1. The first-order valence-electron chi connectivity index (χ1n) is 32.7. The molecule has 6 aromatic heterocycles. The Balaban J connectivity index is 0.000000168. The van der Waals surface area contributed by atoms with Gasteiger partial charge in [-0.25, -0.2) is 24.5 Å². The van der Waals surface area contributed by atoms with E-state index in [0.717, 1.165) is 52.7 Å². The molecule has 9 aromatic rings. The number of nitrogens with one attached hydrogen (secondary N) is 1. The minimum Gasteiger partial charge on any atom is -0.480 e. The van der Waals surface area contributed by atoms with E-state index in [9.17, 15) is 34.2 Å². The van der Waals surface area contributed by atoms with Crippen LogP contribution < -0.4 is 48.4 Å². The van der Waals surface area contributed by atoms with Crippen LogP contribution in [0.1, 0.15) is 84.4 Å². The zero-order valence-corrected chi connectivity index (χ0v) is 60.2. The number of rotatable bonds is 31. The van der Waals surface area contributed by atoms with E-state index in [1.165, 1.54) is 23.1 Å². The van der Waals surface area contributed by atoms with Crippen LogP contribution in [-0.4, -0.2) is 204 Å². The highest BCUT2D eigenvalue weighted by atomic mass is 32.1. The van der Waals surface area contributed by atoms with Crippen LogP contribution in [0.5, 0.6) is 34.5 Å². The van der Waals surface area contributed by atoms with Crippen molar-refractivity contribution in [3.63, 3.8) is 0 Å². The quantitative estimate of drug-likeness (QED) is 0.0209. The van der Waals surface area contributed by atoms with Gasteiger partial charge in [-0.05, 0) is 127 Å². The molecule has 0 radical (unpaired) electrons. The molecule has 548 valence electrons. The fraction of sp³-hybridized carbons (Fsp3) is 0.424. The number of ether oxygens (including phenoxy) is 9. The third-order valence-corrected chi connectivity index (χ3v) is 17.0. The summed E-state index contributed by atoms with van der Waals surface area (Å²) in [7, 11) is 0. The number of carbonyl (C=O) groups excluding carboxylic acids is 3. The summed E-state index contributed by atoms with van der Waals surface area (Å²) in [6.07, 6.45) is 15.8. The Labute approximate surface area is 604 Å². The van der Waals surface area contributed by atoms with Crippen LogP contribution in [0, 0.1) is 0 Å². The van der Waals surface area contributed by atoms with Crippen molar-refractivity contribution < 1.29 is 76.8 Å². The van der Waals surface area contributed by atoms with Crippen LogP contribution in [-0.2, 0) is 48.2 Å². The van der Waals surface area contributed by atoms with Crippen LogP contribution in [0.4, 0.5) is 25.0 Å². The topological polar surface area (TPSA) is 368 Å². The number of anilines is 3. The molecule has 0 aliphatic carbocycles. The van der Waals surface area contributed by atoms with Gasteiger partial charge in [-0.15, -0.1) is 0 Å². The molecule has 0 atom stereocenters. The highest BCUT2D eigenvalue weighted by molar-refractivity contribution is 7.10. The summed E-state index contributed by atoms with van der Waals surface area (Å²) < 4.78 is 66.8. The van der Waals surface area contributed by atoms with Crippen molar-refractivity contribution in [2.75, 3.05) is 101 Å². The SMILES string of the molecule is CC(C)(C)OC(=O)N(CCCN(CC(=O)O)c1nc(-n2ccnc2)ns1)Cc1ccc2c(c1)OCO2.CCOC(=O)CN(CCCN(Cc1ccc2c(c1)OCO2)C(=O)OC(C)(C)C)c1nc(-n2ccnc2)ns1.O=C(O)CN(CCCNCc1ccc2c(c1)OCO2)c1nc(-n2ccnc2)ns1. The molecule has 0 spiro atoms. The number of amides is 2. The Bertz CT molecular complexity index is 4220. The van der Waals surface area contributed by atoms with E-state index in [2.05, 4.69) is 48.3 Å². The van der Waals surface area contributed by atoms with Gasteiger partial charge >= 0.3 is 30.1 Å². The molecule has 37 heteroatoms. The fourth-order valence-corrected chi connectivity index (χ4v) is 12.2. The number of esters is 1. The first-order chi connectivity index (χ1) is 49.6. The van der Waals surface area contributed by atoms with Gasteiger partial charge in [0.15, 0.2) is 34.5 Å². The summed E-state index contributed by atoms with van der Waals surface area (Å²) in [6.45, 7) is 17.4. The van der Waals surface area contributed by atoms with Crippen LogP contribution in [0.25, 0.3) is 17.8 Å². The number of nitrogens with zero attached hydrogens (tertiary/aromatic N) is 17. The van der Waals surface area contributed by atoms with Crippen LogP contribution in [0.15, 0.2) is 111 Å². The van der Waals surface area contributed by atoms with Crippen LogP contribution in [0.3, 0.4) is 0 Å². The Morgan fingerprint density at radius 3 is 1.24 bits per heavy atom. The largest absolute Gasteiger partial charge is 0.480 e. The summed E-state index contributed by atoms with van der Waals surface area (Å²) in [5, 5.41) is 23.6.